The fourth-order valence-corrected chi connectivity index (χ4v) is 4.21. The van der Waals surface area contributed by atoms with E-state index < -0.39 is 6.10 Å². The van der Waals surface area contributed by atoms with Crippen LogP contribution >= 0.6 is 15.9 Å². The number of amides is 1. The number of fused-ring (bicyclic) bond motifs is 1. The lowest BCUT2D eigenvalue weighted by molar-refractivity contribution is -0.128. The minimum atomic E-state index is -0.712. The number of hydrogen-bond acceptors (Lipinski definition) is 3. The van der Waals surface area contributed by atoms with Crippen molar-refractivity contribution in [3.8, 4) is 5.75 Å². The molecule has 0 saturated carbocycles. The van der Waals surface area contributed by atoms with Crippen LogP contribution in [-0.2, 0) is 17.8 Å². The van der Waals surface area contributed by atoms with Gasteiger partial charge in [-0.1, -0.05) is 30.3 Å². The fraction of sp³-hybridized carbons (Fsp3) is 0.304. The number of aromatic nitrogens is 2. The number of benzene rings is 2. The van der Waals surface area contributed by atoms with Crippen molar-refractivity contribution < 1.29 is 13.9 Å². The average Bonchev–Trinajstić information content (AvgIpc) is 3.14. The Balaban J connectivity index is 1.44. The highest BCUT2D eigenvalue weighted by Gasteiger charge is 2.27. The molecule has 0 radical (unpaired) electrons. The zero-order valence-corrected chi connectivity index (χ0v) is 18.2. The van der Waals surface area contributed by atoms with Gasteiger partial charge in [0.15, 0.2) is 6.10 Å². The molecule has 1 amide bonds. The monoisotopic (exact) mass is 471 g/mol. The molecule has 0 spiro atoms. The lowest BCUT2D eigenvalue weighted by atomic mass is 9.92. The third kappa shape index (κ3) is 4.56. The molecule has 7 heteroatoms. The van der Waals surface area contributed by atoms with Crippen LogP contribution in [0.15, 0.2) is 59.2 Å². The summed E-state index contributed by atoms with van der Waals surface area (Å²) in [6.07, 6.45) is 3.95. The summed E-state index contributed by atoms with van der Waals surface area (Å²) in [6, 6.07) is 14.3. The summed E-state index contributed by atoms with van der Waals surface area (Å²) in [5.41, 5.74) is 3.44. The van der Waals surface area contributed by atoms with Gasteiger partial charge in [0.1, 0.15) is 11.6 Å². The van der Waals surface area contributed by atoms with E-state index in [4.69, 9.17) is 4.74 Å². The molecule has 1 aliphatic carbocycles. The summed E-state index contributed by atoms with van der Waals surface area (Å²) in [4.78, 5) is 12.7. The minimum absolute atomic E-state index is 0.0894. The van der Waals surface area contributed by atoms with E-state index in [9.17, 15) is 9.18 Å². The predicted molar refractivity (Wildman–Crippen MR) is 116 cm³/mol. The van der Waals surface area contributed by atoms with Gasteiger partial charge >= 0.3 is 0 Å². The Morgan fingerprint density at radius 3 is 2.90 bits per heavy atom. The van der Waals surface area contributed by atoms with Crippen molar-refractivity contribution in [2.45, 2.75) is 44.9 Å². The summed E-state index contributed by atoms with van der Waals surface area (Å²) >= 11 is 3.27. The number of carbonyl (C=O) groups is 1. The van der Waals surface area contributed by atoms with E-state index in [1.807, 2.05) is 29.1 Å². The molecule has 1 aromatic heterocycles. The first-order valence-corrected chi connectivity index (χ1v) is 10.8. The van der Waals surface area contributed by atoms with E-state index in [-0.39, 0.29) is 17.8 Å². The lowest BCUT2D eigenvalue weighted by Crippen LogP contribution is -2.39. The molecule has 0 saturated heterocycles. The molecule has 0 fully saturated rings. The summed E-state index contributed by atoms with van der Waals surface area (Å²) in [5.74, 6) is -0.146. The average molecular weight is 472 g/mol. The maximum atomic E-state index is 13.3. The Kier molecular flexibility index (Phi) is 6.18. The molecular formula is C23H23BrFN3O2. The second-order valence-electron chi connectivity index (χ2n) is 7.48. The molecular weight excluding hydrogens is 449 g/mol. The topological polar surface area (TPSA) is 56.1 Å². The highest BCUT2D eigenvalue weighted by Crippen LogP contribution is 2.31. The van der Waals surface area contributed by atoms with Gasteiger partial charge < -0.3 is 10.1 Å². The maximum absolute atomic E-state index is 13.3. The van der Waals surface area contributed by atoms with E-state index >= 15 is 0 Å². The SMILES string of the molecule is CC(Oc1ccc(F)cc1Br)C(=O)NC1CCCc2c1cnn2Cc1ccccc1. The molecule has 1 N–H and O–H groups in total. The van der Waals surface area contributed by atoms with Crippen LogP contribution in [0.5, 0.6) is 5.75 Å². The molecule has 1 heterocycles. The van der Waals surface area contributed by atoms with Gasteiger partial charge in [-0.25, -0.2) is 4.39 Å². The first kappa shape index (κ1) is 20.6. The van der Waals surface area contributed by atoms with Gasteiger partial charge in [-0.2, -0.15) is 5.10 Å². The molecule has 2 atom stereocenters. The lowest BCUT2D eigenvalue weighted by Gasteiger charge is -2.26. The van der Waals surface area contributed by atoms with E-state index in [1.165, 1.54) is 29.5 Å². The normalized spacial score (nSPS) is 16.6. The number of nitrogens with zero attached hydrogens (tertiary/aromatic N) is 2. The first-order chi connectivity index (χ1) is 14.5. The van der Waals surface area contributed by atoms with Crippen molar-refractivity contribution in [2.24, 2.45) is 0 Å². The Labute approximate surface area is 183 Å². The molecule has 30 heavy (non-hydrogen) atoms. The third-order valence-electron chi connectivity index (χ3n) is 5.32. The quantitative estimate of drug-likeness (QED) is 0.561. The van der Waals surface area contributed by atoms with Crippen LogP contribution in [0.25, 0.3) is 0 Å². The number of ether oxygens (including phenoxy) is 1. The van der Waals surface area contributed by atoms with Crippen LogP contribution in [0.3, 0.4) is 0 Å². The molecule has 5 nitrogen and oxygen atoms in total. The summed E-state index contributed by atoms with van der Waals surface area (Å²) < 4.78 is 21.5. The van der Waals surface area contributed by atoms with Crippen molar-refractivity contribution in [3.63, 3.8) is 0 Å². The van der Waals surface area contributed by atoms with E-state index in [0.717, 1.165) is 31.4 Å². The van der Waals surface area contributed by atoms with Gasteiger partial charge in [0.2, 0.25) is 0 Å². The van der Waals surface area contributed by atoms with Crippen LogP contribution in [0.2, 0.25) is 0 Å². The van der Waals surface area contributed by atoms with Gasteiger partial charge in [0.05, 0.1) is 23.3 Å². The van der Waals surface area contributed by atoms with Gasteiger partial charge in [-0.15, -0.1) is 0 Å². The number of carbonyl (C=O) groups excluding carboxylic acids is 1. The fourth-order valence-electron chi connectivity index (χ4n) is 3.77. The highest BCUT2D eigenvalue weighted by molar-refractivity contribution is 9.10. The zero-order chi connectivity index (χ0) is 21.1. The van der Waals surface area contributed by atoms with Crippen molar-refractivity contribution in [1.29, 1.82) is 0 Å². The number of nitrogens with one attached hydrogen (secondary N) is 1. The number of hydrogen-bond donors (Lipinski definition) is 1. The number of rotatable bonds is 6. The van der Waals surface area contributed by atoms with Crippen molar-refractivity contribution in [1.82, 2.24) is 15.1 Å². The maximum Gasteiger partial charge on any atom is 0.261 e. The molecule has 1 aliphatic rings. The Hall–Kier alpha value is -2.67. The molecule has 0 bridgehead atoms. The third-order valence-corrected chi connectivity index (χ3v) is 5.94. The van der Waals surface area contributed by atoms with Crippen LogP contribution < -0.4 is 10.1 Å². The summed E-state index contributed by atoms with van der Waals surface area (Å²) in [7, 11) is 0. The molecule has 0 aliphatic heterocycles. The van der Waals surface area contributed by atoms with Gasteiger partial charge in [0, 0.05) is 11.3 Å². The largest absolute Gasteiger partial charge is 0.480 e. The summed E-state index contributed by atoms with van der Waals surface area (Å²) in [6.45, 7) is 2.41. The first-order valence-electron chi connectivity index (χ1n) is 10.0. The van der Waals surface area contributed by atoms with Gasteiger partial charge in [-0.05, 0) is 65.9 Å². The molecule has 3 aromatic rings. The van der Waals surface area contributed by atoms with Crippen molar-refractivity contribution >= 4 is 21.8 Å². The van der Waals surface area contributed by atoms with E-state index in [0.29, 0.717) is 10.2 Å². The highest BCUT2D eigenvalue weighted by atomic mass is 79.9. The van der Waals surface area contributed by atoms with E-state index in [1.54, 1.807) is 6.92 Å². The molecule has 4 rings (SSSR count). The van der Waals surface area contributed by atoms with Gasteiger partial charge in [0.25, 0.3) is 5.91 Å². The Morgan fingerprint density at radius 1 is 1.33 bits per heavy atom. The van der Waals surface area contributed by atoms with Gasteiger partial charge in [-0.3, -0.25) is 9.48 Å². The smallest absolute Gasteiger partial charge is 0.261 e. The van der Waals surface area contributed by atoms with Crippen LogP contribution in [0.1, 0.15) is 42.6 Å². The molecule has 2 unspecified atom stereocenters. The standard InChI is InChI=1S/C23H23BrFN3O2/c1-15(30-22-11-10-17(25)12-19(22)24)23(29)27-20-8-5-9-21-18(20)13-26-28(21)14-16-6-3-2-4-7-16/h2-4,6-7,10-13,15,20H,5,8-9,14H2,1H3,(H,27,29). The van der Waals surface area contributed by atoms with Crippen molar-refractivity contribution in [2.75, 3.05) is 0 Å². The molecule has 2 aromatic carbocycles. The number of halogens is 2. The zero-order valence-electron chi connectivity index (χ0n) is 16.6. The Morgan fingerprint density at radius 2 is 2.13 bits per heavy atom. The van der Waals surface area contributed by atoms with Crippen LogP contribution in [-0.4, -0.2) is 21.8 Å². The van der Waals surface area contributed by atoms with Crippen molar-refractivity contribution in [3.05, 3.63) is 81.8 Å². The predicted octanol–water partition coefficient (Wildman–Crippen LogP) is 4.79. The summed E-state index contributed by atoms with van der Waals surface area (Å²) in [5, 5.41) is 7.67. The molecule has 156 valence electrons. The Bertz CT molecular complexity index is 1040. The van der Waals surface area contributed by atoms with Crippen LogP contribution in [0.4, 0.5) is 4.39 Å². The minimum Gasteiger partial charge on any atom is -0.480 e. The van der Waals surface area contributed by atoms with Crippen LogP contribution in [0, 0.1) is 5.82 Å². The second kappa shape index (κ2) is 9.00. The van der Waals surface area contributed by atoms with E-state index in [2.05, 4.69) is 38.5 Å². The second-order valence-corrected chi connectivity index (χ2v) is 8.33.